The summed E-state index contributed by atoms with van der Waals surface area (Å²) in [5.41, 5.74) is 3.58. The minimum atomic E-state index is -4.50. The van der Waals surface area contributed by atoms with Crippen LogP contribution in [0.25, 0.3) is 0 Å². The van der Waals surface area contributed by atoms with E-state index in [1.54, 1.807) is 26.0 Å². The van der Waals surface area contributed by atoms with Crippen LogP contribution in [0.5, 0.6) is 11.5 Å². The van der Waals surface area contributed by atoms with E-state index < -0.39 is 26.0 Å². The Morgan fingerprint density at radius 2 is 1.82 bits per heavy atom. The Balaban J connectivity index is 2.46. The summed E-state index contributed by atoms with van der Waals surface area (Å²) >= 11 is 0. The van der Waals surface area contributed by atoms with E-state index in [1.807, 2.05) is 13.8 Å². The first-order chi connectivity index (χ1) is 18.4. The SMILES string of the molecule is C=C(C)[C@@H]1CCC(C)=C[C@H]1c1c(O)cc(CCC)cc1OC(=O)C(CCCCCCC)OP(=O)(O)OC(C)C. The lowest BCUT2D eigenvalue weighted by Gasteiger charge is -2.32. The largest absolute Gasteiger partial charge is 0.507 e. The molecule has 8 heteroatoms. The van der Waals surface area contributed by atoms with Crippen molar-refractivity contribution >= 4 is 13.8 Å². The molecule has 1 aromatic rings. The second-order valence-electron chi connectivity index (χ2n) is 11.1. The van der Waals surface area contributed by atoms with Crippen LogP contribution >= 0.6 is 7.82 Å². The number of rotatable bonds is 16. The first-order valence-electron chi connectivity index (χ1n) is 14.5. The number of carbonyl (C=O) groups excluding carboxylic acids is 1. The fourth-order valence-electron chi connectivity index (χ4n) is 5.20. The van der Waals surface area contributed by atoms with Gasteiger partial charge < -0.3 is 14.7 Å². The molecule has 4 atom stereocenters. The van der Waals surface area contributed by atoms with E-state index in [-0.39, 0.29) is 29.8 Å². The summed E-state index contributed by atoms with van der Waals surface area (Å²) in [4.78, 5) is 23.8. The second kappa shape index (κ2) is 15.8. The normalized spacial score (nSPS) is 19.8. The molecule has 0 aromatic heterocycles. The van der Waals surface area contributed by atoms with E-state index in [4.69, 9.17) is 13.8 Å². The zero-order chi connectivity index (χ0) is 29.2. The lowest BCUT2D eigenvalue weighted by Crippen LogP contribution is -2.29. The summed E-state index contributed by atoms with van der Waals surface area (Å²) in [5.74, 6) is -0.584. The highest BCUT2D eigenvalue weighted by Gasteiger charge is 2.35. The van der Waals surface area contributed by atoms with Gasteiger partial charge in [0.05, 0.1) is 6.10 Å². The summed E-state index contributed by atoms with van der Waals surface area (Å²) in [5, 5.41) is 11.2. The summed E-state index contributed by atoms with van der Waals surface area (Å²) in [6.45, 7) is 15.6. The lowest BCUT2D eigenvalue weighted by atomic mass is 9.73. The van der Waals surface area contributed by atoms with Crippen LogP contribution in [-0.4, -0.2) is 28.2 Å². The van der Waals surface area contributed by atoms with E-state index in [0.717, 1.165) is 56.1 Å². The van der Waals surface area contributed by atoms with E-state index in [0.29, 0.717) is 18.4 Å². The number of phenols is 1. The van der Waals surface area contributed by atoms with Crippen LogP contribution in [0.15, 0.2) is 35.9 Å². The molecule has 1 aromatic carbocycles. The molecule has 2 rings (SSSR count). The van der Waals surface area contributed by atoms with Crippen LogP contribution in [0.1, 0.15) is 116 Å². The minimum absolute atomic E-state index is 0.0685. The second-order valence-corrected chi connectivity index (χ2v) is 12.5. The van der Waals surface area contributed by atoms with Crippen molar-refractivity contribution in [2.45, 2.75) is 124 Å². The summed E-state index contributed by atoms with van der Waals surface area (Å²) in [6, 6.07) is 3.54. The molecule has 0 heterocycles. The topological polar surface area (TPSA) is 102 Å². The van der Waals surface area contributed by atoms with Gasteiger partial charge in [-0.2, -0.15) is 0 Å². The molecule has 7 nitrogen and oxygen atoms in total. The number of allylic oxidation sites excluding steroid dienone is 3. The molecule has 0 saturated heterocycles. The third-order valence-electron chi connectivity index (χ3n) is 7.08. The quantitative estimate of drug-likeness (QED) is 0.0682. The number of esters is 1. The van der Waals surface area contributed by atoms with Gasteiger partial charge in [-0.25, -0.2) is 9.36 Å². The van der Waals surface area contributed by atoms with E-state index >= 15 is 0 Å². The number of benzene rings is 1. The fraction of sp³-hybridized carbons (Fsp3) is 0.645. The Morgan fingerprint density at radius 3 is 2.44 bits per heavy atom. The number of hydrogen-bond acceptors (Lipinski definition) is 6. The Morgan fingerprint density at radius 1 is 1.13 bits per heavy atom. The molecular formula is C31H49O7P. The number of carbonyl (C=O) groups is 1. The van der Waals surface area contributed by atoms with Crippen molar-refractivity contribution in [3.63, 3.8) is 0 Å². The molecule has 0 amide bonds. The average molecular weight is 565 g/mol. The lowest BCUT2D eigenvalue weighted by molar-refractivity contribution is -0.143. The van der Waals surface area contributed by atoms with Crippen LogP contribution in [0.4, 0.5) is 0 Å². The number of ether oxygens (including phenoxy) is 1. The number of aromatic hydroxyl groups is 1. The van der Waals surface area contributed by atoms with Crippen LogP contribution in [0.3, 0.4) is 0 Å². The number of hydrogen-bond donors (Lipinski definition) is 2. The van der Waals surface area contributed by atoms with Gasteiger partial charge in [0, 0.05) is 11.5 Å². The van der Waals surface area contributed by atoms with Gasteiger partial charge in [0.2, 0.25) is 0 Å². The molecule has 0 radical (unpaired) electrons. The van der Waals surface area contributed by atoms with Crippen LogP contribution in [0, 0.1) is 5.92 Å². The van der Waals surface area contributed by atoms with Crippen molar-refractivity contribution < 1.29 is 33.1 Å². The van der Waals surface area contributed by atoms with E-state index in [1.165, 1.54) is 5.57 Å². The number of unbranched alkanes of at least 4 members (excludes halogenated alkanes) is 4. The maximum Gasteiger partial charge on any atom is 0.473 e. The van der Waals surface area contributed by atoms with Gasteiger partial charge in [-0.3, -0.25) is 9.05 Å². The molecular weight excluding hydrogens is 515 g/mol. The zero-order valence-electron chi connectivity index (χ0n) is 24.7. The molecule has 2 unspecified atom stereocenters. The third-order valence-corrected chi connectivity index (χ3v) is 8.29. The fourth-order valence-corrected chi connectivity index (χ4v) is 6.29. The van der Waals surface area contributed by atoms with Gasteiger partial charge in [0.1, 0.15) is 11.5 Å². The van der Waals surface area contributed by atoms with Crippen molar-refractivity contribution in [1.82, 2.24) is 0 Å². The highest BCUT2D eigenvalue weighted by Crippen LogP contribution is 2.49. The molecule has 39 heavy (non-hydrogen) atoms. The predicted molar refractivity (Wildman–Crippen MR) is 156 cm³/mol. The number of phosphoric acid groups is 1. The smallest absolute Gasteiger partial charge is 0.473 e. The van der Waals surface area contributed by atoms with Crippen molar-refractivity contribution in [2.24, 2.45) is 5.92 Å². The third kappa shape index (κ3) is 10.5. The van der Waals surface area contributed by atoms with Crippen molar-refractivity contribution in [2.75, 3.05) is 0 Å². The molecule has 1 aliphatic rings. The Kier molecular flexibility index (Phi) is 13.5. The molecule has 0 fully saturated rings. The maximum atomic E-state index is 13.5. The van der Waals surface area contributed by atoms with Crippen LogP contribution in [-0.2, 0) is 24.8 Å². The number of phenolic OH excluding ortho intramolecular Hbond substituents is 1. The summed E-state index contributed by atoms with van der Waals surface area (Å²) < 4.78 is 29.0. The summed E-state index contributed by atoms with van der Waals surface area (Å²) in [6.07, 6.45) is 8.54. The van der Waals surface area contributed by atoms with Gasteiger partial charge in [-0.05, 0) is 77.0 Å². The van der Waals surface area contributed by atoms with Gasteiger partial charge >= 0.3 is 13.8 Å². The predicted octanol–water partition coefficient (Wildman–Crippen LogP) is 8.54. The maximum absolute atomic E-state index is 13.5. The Labute approximate surface area is 235 Å². The van der Waals surface area contributed by atoms with Gasteiger partial charge in [0.15, 0.2) is 6.10 Å². The molecule has 0 saturated carbocycles. The number of phosphoric ester groups is 1. The number of aryl methyl sites for hydroxylation is 1. The molecule has 1 aliphatic carbocycles. The molecule has 2 N–H and O–H groups in total. The first-order valence-corrected chi connectivity index (χ1v) is 16.0. The Bertz CT molecular complexity index is 1050. The average Bonchev–Trinajstić information content (AvgIpc) is 2.82. The zero-order valence-corrected chi connectivity index (χ0v) is 25.6. The minimum Gasteiger partial charge on any atom is -0.507 e. The molecule has 0 spiro atoms. The standard InChI is InChI=1S/C31H49O7P/c1-8-10-11-12-13-15-28(38-39(34,35)37-22(5)6)31(33)36-29-20-24(14-9-2)19-27(32)30(29)26-18-23(7)16-17-25(26)21(3)4/h18-20,22,25-26,28,32H,3,8-17H2,1-2,4-7H3,(H,34,35)/t25-,26+,28?/m0/s1. The van der Waals surface area contributed by atoms with Crippen LogP contribution in [0.2, 0.25) is 0 Å². The summed E-state index contributed by atoms with van der Waals surface area (Å²) in [7, 11) is -4.50. The van der Waals surface area contributed by atoms with Gasteiger partial charge in [-0.15, -0.1) is 0 Å². The van der Waals surface area contributed by atoms with Crippen molar-refractivity contribution in [3.8, 4) is 11.5 Å². The van der Waals surface area contributed by atoms with Crippen molar-refractivity contribution in [1.29, 1.82) is 0 Å². The monoisotopic (exact) mass is 564 g/mol. The molecule has 0 aliphatic heterocycles. The Hall–Kier alpha value is -1.92. The molecule has 0 bridgehead atoms. The van der Waals surface area contributed by atoms with E-state index in [2.05, 4.69) is 26.5 Å². The molecule has 220 valence electrons. The first kappa shape index (κ1) is 33.3. The van der Waals surface area contributed by atoms with Crippen LogP contribution < -0.4 is 4.74 Å². The van der Waals surface area contributed by atoms with Gasteiger partial charge in [0.25, 0.3) is 0 Å². The van der Waals surface area contributed by atoms with E-state index in [9.17, 15) is 19.4 Å². The highest BCUT2D eigenvalue weighted by molar-refractivity contribution is 7.47. The highest BCUT2D eigenvalue weighted by atomic mass is 31.2. The van der Waals surface area contributed by atoms with Crippen molar-refractivity contribution in [3.05, 3.63) is 47.1 Å². The van der Waals surface area contributed by atoms with Gasteiger partial charge in [-0.1, -0.05) is 76.2 Å².